The summed E-state index contributed by atoms with van der Waals surface area (Å²) in [6, 6.07) is 7.78. The van der Waals surface area contributed by atoms with E-state index < -0.39 is 29.7 Å². The van der Waals surface area contributed by atoms with Gasteiger partial charge >= 0.3 is 5.97 Å². The Bertz CT molecular complexity index is 787. The van der Waals surface area contributed by atoms with Gasteiger partial charge in [-0.15, -0.1) is 0 Å². The molecule has 8 nitrogen and oxygen atoms in total. The number of carbonyl (C=O) groups is 3. The molecule has 1 aromatic carbocycles. The summed E-state index contributed by atoms with van der Waals surface area (Å²) in [6.07, 6.45) is 2.83. The predicted octanol–water partition coefficient (Wildman–Crippen LogP) is 1.47. The first-order valence-electron chi connectivity index (χ1n) is 8.37. The first-order chi connectivity index (χ1) is 12.9. The van der Waals surface area contributed by atoms with Crippen LogP contribution in [0.3, 0.4) is 0 Å². The summed E-state index contributed by atoms with van der Waals surface area (Å²) < 4.78 is 10.1. The monoisotopic (exact) mass is 374 g/mol. The molecule has 27 heavy (non-hydrogen) atoms. The number of hydrogen-bond donors (Lipinski definition) is 3. The fraction of sp³-hybridized carbons (Fsp3) is 0.316. The van der Waals surface area contributed by atoms with E-state index >= 15 is 0 Å². The van der Waals surface area contributed by atoms with Gasteiger partial charge in [-0.05, 0) is 31.0 Å². The van der Waals surface area contributed by atoms with E-state index in [2.05, 4.69) is 10.6 Å². The molecule has 0 aliphatic rings. The number of para-hydroxylation sites is 1. The molecule has 1 aromatic heterocycles. The van der Waals surface area contributed by atoms with Crippen molar-refractivity contribution in [1.29, 1.82) is 0 Å². The second-order valence-corrected chi connectivity index (χ2v) is 6.00. The zero-order valence-corrected chi connectivity index (χ0v) is 15.1. The van der Waals surface area contributed by atoms with Crippen molar-refractivity contribution in [3.63, 3.8) is 0 Å². The topological polar surface area (TPSA) is 118 Å². The Labute approximate surface area is 156 Å². The van der Waals surface area contributed by atoms with E-state index in [0.29, 0.717) is 11.3 Å². The van der Waals surface area contributed by atoms with Crippen LogP contribution in [0.2, 0.25) is 0 Å². The van der Waals surface area contributed by atoms with Crippen LogP contribution in [-0.2, 0) is 16.0 Å². The number of aliphatic carboxylic acids is 1. The standard InChI is InChI=1S/C19H22N2O6/c1-12(21-18(23)14-7-8-27-11-14)17(22)20-10-15(19(24)25)9-13-5-3-4-6-16(13)26-2/h3-8,11-12,15H,9-10H2,1-2H3,(H,20,22)(H,21,23)(H,24,25). The molecular formula is C19H22N2O6. The zero-order chi connectivity index (χ0) is 19.8. The van der Waals surface area contributed by atoms with E-state index in [9.17, 15) is 19.5 Å². The Hall–Kier alpha value is -3.29. The van der Waals surface area contributed by atoms with Crippen LogP contribution in [0.1, 0.15) is 22.8 Å². The molecule has 3 N–H and O–H groups in total. The molecule has 0 radical (unpaired) electrons. The molecule has 0 fully saturated rings. The number of carboxylic acids is 1. The maximum atomic E-state index is 12.2. The van der Waals surface area contributed by atoms with Gasteiger partial charge in [0.1, 0.15) is 18.1 Å². The van der Waals surface area contributed by atoms with Crippen LogP contribution in [-0.4, -0.2) is 42.6 Å². The van der Waals surface area contributed by atoms with Crippen molar-refractivity contribution in [3.8, 4) is 5.75 Å². The number of amides is 2. The number of rotatable bonds is 9. The number of nitrogens with one attached hydrogen (secondary N) is 2. The van der Waals surface area contributed by atoms with Crippen molar-refractivity contribution in [2.75, 3.05) is 13.7 Å². The molecule has 1 heterocycles. The van der Waals surface area contributed by atoms with Crippen molar-refractivity contribution < 1.29 is 28.6 Å². The van der Waals surface area contributed by atoms with Gasteiger partial charge in [-0.25, -0.2) is 0 Å². The fourth-order valence-electron chi connectivity index (χ4n) is 2.50. The number of furan rings is 1. The first-order valence-corrected chi connectivity index (χ1v) is 8.37. The first kappa shape index (κ1) is 20.0. The summed E-state index contributed by atoms with van der Waals surface area (Å²) in [4.78, 5) is 35.7. The Morgan fingerprint density at radius 3 is 2.59 bits per heavy atom. The van der Waals surface area contributed by atoms with E-state index in [1.165, 1.54) is 32.6 Å². The van der Waals surface area contributed by atoms with Gasteiger partial charge in [0.05, 0.1) is 24.9 Å². The van der Waals surface area contributed by atoms with Gasteiger partial charge < -0.3 is 24.9 Å². The van der Waals surface area contributed by atoms with Gasteiger partial charge in [0.15, 0.2) is 0 Å². The highest BCUT2D eigenvalue weighted by atomic mass is 16.5. The molecule has 0 saturated carbocycles. The van der Waals surface area contributed by atoms with Gasteiger partial charge in [-0.2, -0.15) is 0 Å². The second kappa shape index (κ2) is 9.42. The Morgan fingerprint density at radius 1 is 1.22 bits per heavy atom. The van der Waals surface area contributed by atoms with E-state index in [0.717, 1.165) is 5.56 Å². The lowest BCUT2D eigenvalue weighted by molar-refractivity contribution is -0.141. The number of benzene rings is 1. The highest BCUT2D eigenvalue weighted by Crippen LogP contribution is 2.21. The third kappa shape index (κ3) is 5.60. The summed E-state index contributed by atoms with van der Waals surface area (Å²) in [6.45, 7) is 1.45. The quantitative estimate of drug-likeness (QED) is 0.612. The van der Waals surface area contributed by atoms with Crippen LogP contribution in [0.4, 0.5) is 0 Å². The van der Waals surface area contributed by atoms with Crippen LogP contribution in [0, 0.1) is 5.92 Å². The summed E-state index contributed by atoms with van der Waals surface area (Å²) in [5, 5.41) is 14.5. The smallest absolute Gasteiger partial charge is 0.308 e. The number of carboxylic acid groups (broad SMARTS) is 1. The average Bonchev–Trinajstić information content (AvgIpc) is 3.19. The summed E-state index contributed by atoms with van der Waals surface area (Å²) in [5.74, 6) is -2.19. The van der Waals surface area contributed by atoms with Crippen LogP contribution < -0.4 is 15.4 Å². The molecule has 2 rings (SSSR count). The van der Waals surface area contributed by atoms with E-state index in [1.807, 2.05) is 0 Å². The molecule has 0 spiro atoms. The van der Waals surface area contributed by atoms with Gasteiger partial charge in [0, 0.05) is 6.54 Å². The van der Waals surface area contributed by atoms with Gasteiger partial charge in [0.2, 0.25) is 5.91 Å². The molecule has 0 aliphatic heterocycles. The Balaban J connectivity index is 1.91. The molecule has 144 valence electrons. The lowest BCUT2D eigenvalue weighted by Crippen LogP contribution is -2.46. The highest BCUT2D eigenvalue weighted by Gasteiger charge is 2.23. The molecule has 8 heteroatoms. The number of ether oxygens (including phenoxy) is 1. The van der Waals surface area contributed by atoms with E-state index in [-0.39, 0.29) is 13.0 Å². The zero-order valence-electron chi connectivity index (χ0n) is 15.1. The lowest BCUT2D eigenvalue weighted by atomic mass is 9.98. The summed E-state index contributed by atoms with van der Waals surface area (Å²) >= 11 is 0. The summed E-state index contributed by atoms with van der Waals surface area (Å²) in [5.41, 5.74) is 1.04. The van der Waals surface area contributed by atoms with Gasteiger partial charge in [-0.3, -0.25) is 14.4 Å². The number of carbonyl (C=O) groups excluding carboxylic acids is 2. The van der Waals surface area contributed by atoms with Crippen LogP contribution in [0.5, 0.6) is 5.75 Å². The molecule has 0 saturated heterocycles. The van der Waals surface area contributed by atoms with E-state index in [4.69, 9.17) is 9.15 Å². The third-order valence-corrected chi connectivity index (χ3v) is 4.06. The van der Waals surface area contributed by atoms with Gasteiger partial charge in [-0.1, -0.05) is 18.2 Å². The maximum absolute atomic E-state index is 12.2. The van der Waals surface area contributed by atoms with Crippen molar-refractivity contribution in [2.45, 2.75) is 19.4 Å². The molecule has 0 aliphatic carbocycles. The lowest BCUT2D eigenvalue weighted by Gasteiger charge is -2.18. The largest absolute Gasteiger partial charge is 0.496 e. The molecule has 2 amide bonds. The fourth-order valence-corrected chi connectivity index (χ4v) is 2.50. The average molecular weight is 374 g/mol. The van der Waals surface area contributed by atoms with Crippen LogP contribution in [0.25, 0.3) is 0 Å². The normalized spacial score (nSPS) is 12.7. The Kier molecular flexibility index (Phi) is 6.99. The molecule has 2 atom stereocenters. The Morgan fingerprint density at radius 2 is 1.96 bits per heavy atom. The van der Waals surface area contributed by atoms with Crippen LogP contribution in [0.15, 0.2) is 47.3 Å². The maximum Gasteiger partial charge on any atom is 0.308 e. The van der Waals surface area contributed by atoms with Crippen molar-refractivity contribution in [3.05, 3.63) is 54.0 Å². The minimum atomic E-state index is -1.03. The van der Waals surface area contributed by atoms with Crippen molar-refractivity contribution in [2.24, 2.45) is 5.92 Å². The SMILES string of the molecule is COc1ccccc1CC(CNC(=O)C(C)NC(=O)c1ccoc1)C(=O)O. The minimum absolute atomic E-state index is 0.0713. The van der Waals surface area contributed by atoms with Crippen molar-refractivity contribution in [1.82, 2.24) is 10.6 Å². The molecule has 2 unspecified atom stereocenters. The molecular weight excluding hydrogens is 352 g/mol. The number of methoxy groups -OCH3 is 1. The van der Waals surface area contributed by atoms with E-state index in [1.54, 1.807) is 24.3 Å². The van der Waals surface area contributed by atoms with Gasteiger partial charge in [0.25, 0.3) is 5.91 Å². The minimum Gasteiger partial charge on any atom is -0.496 e. The van der Waals surface area contributed by atoms with Crippen LogP contribution >= 0.6 is 0 Å². The molecule has 2 aromatic rings. The summed E-state index contributed by atoms with van der Waals surface area (Å²) in [7, 11) is 1.51. The molecule has 0 bridgehead atoms. The second-order valence-electron chi connectivity index (χ2n) is 6.00. The predicted molar refractivity (Wildman–Crippen MR) is 96.5 cm³/mol. The number of hydrogen-bond acceptors (Lipinski definition) is 5. The third-order valence-electron chi connectivity index (χ3n) is 4.06. The van der Waals surface area contributed by atoms with Crippen molar-refractivity contribution >= 4 is 17.8 Å². The highest BCUT2D eigenvalue weighted by molar-refractivity contribution is 5.97.